The minimum atomic E-state index is -0.786. The third kappa shape index (κ3) is 16.0. The van der Waals surface area contributed by atoms with Crippen molar-refractivity contribution >= 4 is 11.9 Å². The molecule has 0 unspecified atom stereocenters. The van der Waals surface area contributed by atoms with E-state index in [4.69, 9.17) is 10.2 Å². The first-order valence-corrected chi connectivity index (χ1v) is 8.59. The Morgan fingerprint density at radius 1 is 0.680 bits per heavy atom. The first-order valence-electron chi connectivity index (χ1n) is 8.59. The van der Waals surface area contributed by atoms with Crippen LogP contribution in [0.5, 0.6) is 0 Å². The molecule has 0 aliphatic heterocycles. The van der Waals surface area contributed by atoms with Gasteiger partial charge in [-0.3, -0.25) is 9.59 Å². The molecule has 0 atom stereocenters. The molecule has 0 aliphatic rings. The molecule has 4 heteroatoms. The van der Waals surface area contributed by atoms with Crippen LogP contribution in [-0.4, -0.2) is 22.2 Å². The third-order valence-corrected chi connectivity index (χ3v) is 2.67. The second kappa shape index (κ2) is 17.7. The van der Waals surface area contributed by atoms with Crippen LogP contribution in [0.25, 0.3) is 0 Å². The average molecular weight is 346 g/mol. The molecule has 0 amide bonds. The molecular formula is C21H30O4. The van der Waals surface area contributed by atoms with Crippen LogP contribution in [0.1, 0.15) is 45.2 Å². The van der Waals surface area contributed by atoms with E-state index < -0.39 is 11.9 Å². The topological polar surface area (TPSA) is 74.6 Å². The van der Waals surface area contributed by atoms with Gasteiger partial charge in [-0.15, -0.1) is 0 Å². The number of hydrogen-bond donors (Lipinski definition) is 2. The van der Waals surface area contributed by atoms with E-state index in [2.05, 4.69) is 0 Å². The number of aliphatic carboxylic acids is 2. The maximum Gasteiger partial charge on any atom is 0.307 e. The minimum absolute atomic E-state index is 0.112. The number of carbonyl (C=O) groups is 2. The van der Waals surface area contributed by atoms with Crippen molar-refractivity contribution in [2.24, 2.45) is 0 Å². The van der Waals surface area contributed by atoms with Gasteiger partial charge in [0.25, 0.3) is 0 Å². The molecule has 0 aliphatic carbocycles. The Morgan fingerprint density at radius 3 is 1.44 bits per heavy atom. The van der Waals surface area contributed by atoms with Crippen molar-refractivity contribution in [1.82, 2.24) is 0 Å². The summed E-state index contributed by atoms with van der Waals surface area (Å²) in [5.74, 6) is -1.53. The lowest BCUT2D eigenvalue weighted by Gasteiger charge is -1.95. The molecule has 0 spiro atoms. The molecule has 4 nitrogen and oxygen atoms in total. The number of hydrogen-bond acceptors (Lipinski definition) is 2. The Bertz CT molecular complexity index is 551. The summed E-state index contributed by atoms with van der Waals surface area (Å²) in [4.78, 5) is 20.3. The first kappa shape index (κ1) is 24.6. The van der Waals surface area contributed by atoms with Gasteiger partial charge in [0, 0.05) is 6.42 Å². The summed E-state index contributed by atoms with van der Waals surface area (Å²) in [6, 6.07) is 18.7. The number of rotatable bonds is 5. The van der Waals surface area contributed by atoms with Gasteiger partial charge in [-0.25, -0.2) is 0 Å². The van der Waals surface area contributed by atoms with Crippen LogP contribution in [0, 0.1) is 0 Å². The zero-order chi connectivity index (χ0) is 19.5. The minimum Gasteiger partial charge on any atom is -0.481 e. The Morgan fingerprint density at radius 2 is 1.08 bits per heavy atom. The third-order valence-electron chi connectivity index (χ3n) is 2.67. The fourth-order valence-corrected chi connectivity index (χ4v) is 1.67. The Hall–Kier alpha value is -2.62. The van der Waals surface area contributed by atoms with Gasteiger partial charge in [0.05, 0.1) is 6.42 Å². The first-order chi connectivity index (χ1) is 12.1. The molecular weight excluding hydrogens is 316 g/mol. The second-order valence-corrected chi connectivity index (χ2v) is 4.44. The molecule has 0 aromatic heterocycles. The van der Waals surface area contributed by atoms with Crippen LogP contribution in [0.4, 0.5) is 0 Å². The molecule has 2 N–H and O–H groups in total. The highest BCUT2D eigenvalue weighted by atomic mass is 16.4. The smallest absolute Gasteiger partial charge is 0.307 e. The van der Waals surface area contributed by atoms with Gasteiger partial charge in [-0.05, 0) is 17.5 Å². The molecule has 0 saturated carbocycles. The second-order valence-electron chi connectivity index (χ2n) is 4.44. The molecule has 138 valence electrons. The summed E-state index contributed by atoms with van der Waals surface area (Å²) >= 11 is 0. The summed E-state index contributed by atoms with van der Waals surface area (Å²) < 4.78 is 0. The Balaban J connectivity index is 0. The van der Waals surface area contributed by atoms with E-state index in [1.54, 1.807) is 12.1 Å². The molecule has 0 bridgehead atoms. The van der Waals surface area contributed by atoms with Crippen LogP contribution < -0.4 is 0 Å². The number of benzene rings is 2. The van der Waals surface area contributed by atoms with Gasteiger partial charge < -0.3 is 10.2 Å². The van der Waals surface area contributed by atoms with E-state index >= 15 is 0 Å². The molecule has 0 fully saturated rings. The van der Waals surface area contributed by atoms with Crippen molar-refractivity contribution in [2.75, 3.05) is 0 Å². The molecule has 0 radical (unpaired) electrons. The lowest BCUT2D eigenvalue weighted by molar-refractivity contribution is -0.137. The number of carboxylic acids is 2. The van der Waals surface area contributed by atoms with Gasteiger partial charge in [0.15, 0.2) is 0 Å². The van der Waals surface area contributed by atoms with Gasteiger partial charge in [-0.2, -0.15) is 0 Å². The van der Waals surface area contributed by atoms with Crippen LogP contribution in [0.2, 0.25) is 0 Å². The largest absolute Gasteiger partial charge is 0.481 e. The predicted octanol–water partition coefficient (Wildman–Crippen LogP) is 5.07. The van der Waals surface area contributed by atoms with Crippen LogP contribution >= 0.6 is 0 Å². The fourth-order valence-electron chi connectivity index (χ4n) is 1.67. The highest BCUT2D eigenvalue weighted by Gasteiger charge is 1.97. The van der Waals surface area contributed by atoms with Gasteiger partial charge in [-0.1, -0.05) is 88.4 Å². The Kier molecular flexibility index (Phi) is 17.5. The predicted molar refractivity (Wildman–Crippen MR) is 103 cm³/mol. The Labute approximate surface area is 151 Å². The molecule has 2 aromatic rings. The maximum absolute atomic E-state index is 10.2. The molecule has 2 aromatic carbocycles. The van der Waals surface area contributed by atoms with E-state index in [-0.39, 0.29) is 12.8 Å². The summed E-state index contributed by atoms with van der Waals surface area (Å²) in [5, 5.41) is 16.7. The number of carboxylic acid groups (broad SMARTS) is 2. The maximum atomic E-state index is 10.2. The average Bonchev–Trinajstić information content (AvgIpc) is 2.65. The summed E-state index contributed by atoms with van der Waals surface area (Å²) in [7, 11) is 0. The van der Waals surface area contributed by atoms with E-state index in [1.807, 2.05) is 76.2 Å². The summed E-state index contributed by atoms with van der Waals surface area (Å²) in [5.41, 5.74) is 1.92. The lowest BCUT2D eigenvalue weighted by Crippen LogP contribution is -1.98. The number of aryl methyl sites for hydroxylation is 1. The van der Waals surface area contributed by atoms with Crippen molar-refractivity contribution in [2.45, 2.75) is 47.0 Å². The fraction of sp³-hybridized carbons (Fsp3) is 0.333. The molecule has 0 heterocycles. The SMILES string of the molecule is CC.CC.O=C(O)CCc1ccccc1.O=C(O)Cc1ccccc1. The van der Waals surface area contributed by atoms with Crippen molar-refractivity contribution < 1.29 is 19.8 Å². The van der Waals surface area contributed by atoms with Crippen molar-refractivity contribution in [3.8, 4) is 0 Å². The summed E-state index contributed by atoms with van der Waals surface area (Å²) in [6.07, 6.45) is 0.945. The normalized spacial score (nSPS) is 8.32. The zero-order valence-electron chi connectivity index (χ0n) is 15.6. The monoisotopic (exact) mass is 346 g/mol. The van der Waals surface area contributed by atoms with Crippen molar-refractivity contribution in [3.05, 3.63) is 71.8 Å². The van der Waals surface area contributed by atoms with Crippen molar-refractivity contribution in [1.29, 1.82) is 0 Å². The zero-order valence-corrected chi connectivity index (χ0v) is 15.6. The van der Waals surface area contributed by atoms with E-state index in [9.17, 15) is 9.59 Å². The van der Waals surface area contributed by atoms with E-state index in [0.717, 1.165) is 11.1 Å². The lowest BCUT2D eigenvalue weighted by atomic mass is 10.1. The highest BCUT2D eigenvalue weighted by Crippen LogP contribution is 2.01. The molecule has 0 saturated heterocycles. The van der Waals surface area contributed by atoms with Crippen LogP contribution in [-0.2, 0) is 22.4 Å². The molecule has 25 heavy (non-hydrogen) atoms. The van der Waals surface area contributed by atoms with Gasteiger partial charge in [0.1, 0.15) is 0 Å². The van der Waals surface area contributed by atoms with Crippen molar-refractivity contribution in [3.63, 3.8) is 0 Å². The van der Waals surface area contributed by atoms with Crippen LogP contribution in [0.3, 0.4) is 0 Å². The van der Waals surface area contributed by atoms with E-state index in [0.29, 0.717) is 6.42 Å². The van der Waals surface area contributed by atoms with Crippen LogP contribution in [0.15, 0.2) is 60.7 Å². The van der Waals surface area contributed by atoms with Gasteiger partial charge >= 0.3 is 11.9 Å². The van der Waals surface area contributed by atoms with Gasteiger partial charge in [0.2, 0.25) is 0 Å². The molecule has 2 rings (SSSR count). The van der Waals surface area contributed by atoms with E-state index in [1.165, 1.54) is 0 Å². The summed E-state index contributed by atoms with van der Waals surface area (Å²) in [6.45, 7) is 8.00. The quantitative estimate of drug-likeness (QED) is 0.792. The standard InChI is InChI=1S/C9H10O2.C8H8O2.2C2H6/c10-9(11)7-6-8-4-2-1-3-5-8;9-8(10)6-7-4-2-1-3-5-7;2*1-2/h1-5H,6-7H2,(H,10,11);1-5H,6H2,(H,9,10);2*1-2H3. The highest BCUT2D eigenvalue weighted by molar-refractivity contribution is 5.70.